The second kappa shape index (κ2) is 7.51. The Morgan fingerprint density at radius 1 is 1.36 bits per heavy atom. The van der Waals surface area contributed by atoms with Crippen LogP contribution in [0.4, 0.5) is 0 Å². The molecule has 2 aromatic rings. The number of rotatable bonds is 6. The van der Waals surface area contributed by atoms with Gasteiger partial charge in [-0.2, -0.15) is 5.10 Å². The number of aromatic nitrogens is 2. The van der Waals surface area contributed by atoms with Crippen molar-refractivity contribution in [3.8, 4) is 5.75 Å². The van der Waals surface area contributed by atoms with Crippen LogP contribution in [0, 0.1) is 5.92 Å². The minimum atomic E-state index is -0.197. The summed E-state index contributed by atoms with van der Waals surface area (Å²) in [5, 5.41) is 7.94. The number of nitrogens with zero attached hydrogens (tertiary/aromatic N) is 2. The molecule has 5 nitrogen and oxygen atoms in total. The average Bonchev–Trinajstić information content (AvgIpc) is 2.92. The van der Waals surface area contributed by atoms with Crippen molar-refractivity contribution < 1.29 is 9.53 Å². The van der Waals surface area contributed by atoms with Crippen molar-refractivity contribution >= 4 is 29.1 Å². The van der Waals surface area contributed by atoms with Gasteiger partial charge in [-0.3, -0.25) is 4.79 Å². The summed E-state index contributed by atoms with van der Waals surface area (Å²) in [6.07, 6.45) is 1.67. The summed E-state index contributed by atoms with van der Waals surface area (Å²) in [5.74, 6) is 0.700. The highest BCUT2D eigenvalue weighted by atomic mass is 35.5. The van der Waals surface area contributed by atoms with Gasteiger partial charge in [0.1, 0.15) is 11.4 Å². The van der Waals surface area contributed by atoms with E-state index in [9.17, 15) is 4.79 Å². The predicted octanol–water partition coefficient (Wildman–Crippen LogP) is 3.61. The molecular formula is C15H17Cl2N3O2. The van der Waals surface area contributed by atoms with Crippen LogP contribution in [0.15, 0.2) is 30.5 Å². The molecule has 1 aromatic heterocycles. The molecule has 0 saturated carbocycles. The number of carbonyl (C=O) groups excluding carboxylic acids is 1. The molecule has 2 rings (SSSR count). The van der Waals surface area contributed by atoms with E-state index in [4.69, 9.17) is 27.9 Å². The molecule has 7 heteroatoms. The van der Waals surface area contributed by atoms with Crippen LogP contribution in [-0.2, 0) is 6.73 Å². The fourth-order valence-electron chi connectivity index (χ4n) is 1.67. The van der Waals surface area contributed by atoms with Gasteiger partial charge in [0.15, 0.2) is 6.73 Å². The lowest BCUT2D eigenvalue weighted by Crippen LogP contribution is -2.27. The molecule has 0 radical (unpaired) electrons. The van der Waals surface area contributed by atoms with Crippen molar-refractivity contribution in [3.05, 3.63) is 46.2 Å². The maximum Gasteiger partial charge on any atom is 0.271 e. The average molecular weight is 342 g/mol. The molecule has 0 aliphatic rings. The molecule has 22 heavy (non-hydrogen) atoms. The fraction of sp³-hybridized carbons (Fsp3) is 0.333. The standard InChI is InChI=1S/C15H17Cl2N3O2/c1-10(2)8-18-15(21)13-5-6-20(19-13)9-22-14-4-3-11(16)7-12(14)17/h3-7,10H,8-9H2,1-2H3,(H,18,21). The highest BCUT2D eigenvalue weighted by Gasteiger charge is 2.10. The zero-order valence-electron chi connectivity index (χ0n) is 12.3. The summed E-state index contributed by atoms with van der Waals surface area (Å²) < 4.78 is 7.07. The molecule has 0 bridgehead atoms. The molecule has 0 aliphatic heterocycles. The summed E-state index contributed by atoms with van der Waals surface area (Å²) in [4.78, 5) is 11.9. The minimum Gasteiger partial charge on any atom is -0.470 e. The van der Waals surface area contributed by atoms with Crippen LogP contribution in [0.2, 0.25) is 10.0 Å². The van der Waals surface area contributed by atoms with Crippen molar-refractivity contribution in [1.29, 1.82) is 0 Å². The lowest BCUT2D eigenvalue weighted by Gasteiger charge is -2.08. The number of hydrogen-bond acceptors (Lipinski definition) is 3. The summed E-state index contributed by atoms with van der Waals surface area (Å²) in [7, 11) is 0. The normalized spacial score (nSPS) is 10.8. The zero-order chi connectivity index (χ0) is 16.1. The van der Waals surface area contributed by atoms with E-state index in [1.165, 1.54) is 4.68 Å². The quantitative estimate of drug-likeness (QED) is 0.872. The van der Waals surface area contributed by atoms with Crippen molar-refractivity contribution in [2.24, 2.45) is 5.92 Å². The molecular weight excluding hydrogens is 325 g/mol. The SMILES string of the molecule is CC(C)CNC(=O)c1ccn(COc2ccc(Cl)cc2Cl)n1. The number of nitrogens with one attached hydrogen (secondary N) is 1. The maximum atomic E-state index is 11.9. The first-order valence-electron chi connectivity index (χ1n) is 6.85. The summed E-state index contributed by atoms with van der Waals surface area (Å²) in [6.45, 7) is 4.83. The van der Waals surface area contributed by atoms with Gasteiger partial charge in [-0.15, -0.1) is 0 Å². The van der Waals surface area contributed by atoms with Gasteiger partial charge in [0.05, 0.1) is 5.02 Å². The van der Waals surface area contributed by atoms with E-state index in [-0.39, 0.29) is 12.6 Å². The van der Waals surface area contributed by atoms with E-state index in [1.54, 1.807) is 30.5 Å². The maximum absolute atomic E-state index is 11.9. The largest absolute Gasteiger partial charge is 0.470 e. The molecule has 0 atom stereocenters. The van der Waals surface area contributed by atoms with E-state index in [0.717, 1.165) is 0 Å². The number of halogens is 2. The van der Waals surface area contributed by atoms with Crippen molar-refractivity contribution in [2.45, 2.75) is 20.6 Å². The van der Waals surface area contributed by atoms with Gasteiger partial charge in [-0.25, -0.2) is 4.68 Å². The first-order valence-corrected chi connectivity index (χ1v) is 7.61. The lowest BCUT2D eigenvalue weighted by atomic mass is 10.2. The van der Waals surface area contributed by atoms with E-state index >= 15 is 0 Å². The van der Waals surface area contributed by atoms with Crippen LogP contribution in [0.25, 0.3) is 0 Å². The zero-order valence-corrected chi connectivity index (χ0v) is 13.9. The smallest absolute Gasteiger partial charge is 0.271 e. The molecule has 1 amide bonds. The van der Waals surface area contributed by atoms with Gasteiger partial charge in [-0.1, -0.05) is 37.0 Å². The number of amides is 1. The van der Waals surface area contributed by atoms with Crippen molar-refractivity contribution in [1.82, 2.24) is 15.1 Å². The topological polar surface area (TPSA) is 56.2 Å². The van der Waals surface area contributed by atoms with Crippen molar-refractivity contribution in [2.75, 3.05) is 6.54 Å². The molecule has 1 N–H and O–H groups in total. The fourth-order valence-corrected chi connectivity index (χ4v) is 2.13. The van der Waals surface area contributed by atoms with Crippen LogP contribution in [0.5, 0.6) is 5.75 Å². The van der Waals surface area contributed by atoms with Gasteiger partial charge < -0.3 is 10.1 Å². The van der Waals surface area contributed by atoms with E-state index in [2.05, 4.69) is 10.4 Å². The molecule has 0 aliphatic carbocycles. The first kappa shape index (κ1) is 16.6. The summed E-state index contributed by atoms with van der Waals surface area (Å²) in [5.41, 5.74) is 0.353. The van der Waals surface area contributed by atoms with Crippen LogP contribution >= 0.6 is 23.2 Å². The Morgan fingerprint density at radius 3 is 2.82 bits per heavy atom. The number of carbonyl (C=O) groups is 1. The second-order valence-electron chi connectivity index (χ2n) is 5.19. The van der Waals surface area contributed by atoms with E-state index < -0.39 is 0 Å². The number of ether oxygens (including phenoxy) is 1. The van der Waals surface area contributed by atoms with Crippen molar-refractivity contribution in [3.63, 3.8) is 0 Å². The highest BCUT2D eigenvalue weighted by Crippen LogP contribution is 2.27. The monoisotopic (exact) mass is 341 g/mol. The Labute approximate surface area is 139 Å². The van der Waals surface area contributed by atoms with Gasteiger partial charge in [0.2, 0.25) is 0 Å². The van der Waals surface area contributed by atoms with Gasteiger partial charge in [0, 0.05) is 17.8 Å². The first-order chi connectivity index (χ1) is 10.5. The molecule has 0 fully saturated rings. The van der Waals surface area contributed by atoms with Gasteiger partial charge in [0.25, 0.3) is 5.91 Å². The number of hydrogen-bond donors (Lipinski definition) is 1. The summed E-state index contributed by atoms with van der Waals surface area (Å²) >= 11 is 11.8. The second-order valence-corrected chi connectivity index (χ2v) is 6.04. The van der Waals surface area contributed by atoms with Gasteiger partial charge >= 0.3 is 0 Å². The lowest BCUT2D eigenvalue weighted by molar-refractivity contribution is 0.0942. The van der Waals surface area contributed by atoms with Gasteiger partial charge in [-0.05, 0) is 30.2 Å². The Balaban J connectivity index is 1.93. The third-order valence-electron chi connectivity index (χ3n) is 2.79. The number of benzene rings is 1. The third-order valence-corrected chi connectivity index (χ3v) is 3.32. The molecule has 1 heterocycles. The van der Waals surface area contributed by atoms with Crippen LogP contribution in [0.3, 0.4) is 0 Å². The minimum absolute atomic E-state index is 0.152. The summed E-state index contributed by atoms with van der Waals surface area (Å²) in [6, 6.07) is 6.62. The molecule has 0 saturated heterocycles. The van der Waals surface area contributed by atoms with Crippen LogP contribution in [0.1, 0.15) is 24.3 Å². The Kier molecular flexibility index (Phi) is 5.69. The molecule has 1 aromatic carbocycles. The Morgan fingerprint density at radius 2 is 2.14 bits per heavy atom. The molecule has 0 unspecified atom stereocenters. The molecule has 0 spiro atoms. The van der Waals surface area contributed by atoms with Crippen LogP contribution in [-0.4, -0.2) is 22.2 Å². The predicted molar refractivity (Wildman–Crippen MR) is 86.5 cm³/mol. The Bertz CT molecular complexity index is 656. The van der Waals surface area contributed by atoms with Crippen LogP contribution < -0.4 is 10.1 Å². The Hall–Kier alpha value is -1.72. The molecule has 118 valence electrons. The third kappa shape index (κ3) is 4.64. The highest BCUT2D eigenvalue weighted by molar-refractivity contribution is 6.35. The van der Waals surface area contributed by atoms with E-state index in [0.29, 0.717) is 34.0 Å². The van der Waals surface area contributed by atoms with E-state index in [1.807, 2.05) is 13.8 Å².